The molecule has 0 saturated carbocycles. The number of hydrogen-bond donors (Lipinski definition) is 1. The molecule has 1 N–H and O–H groups in total. The van der Waals surface area contributed by atoms with Crippen molar-refractivity contribution < 1.29 is 23.8 Å². The first-order chi connectivity index (χ1) is 16.4. The highest BCUT2D eigenvalue weighted by Crippen LogP contribution is 2.46. The first-order valence-corrected chi connectivity index (χ1v) is 12.1. The van der Waals surface area contributed by atoms with Gasteiger partial charge in [0.25, 0.3) is 0 Å². The second-order valence-corrected chi connectivity index (χ2v) is 9.32. The lowest BCUT2D eigenvalue weighted by molar-refractivity contribution is -0.138. The highest BCUT2D eigenvalue weighted by atomic mass is 79.9. The maximum absolute atomic E-state index is 13.6. The molecule has 0 radical (unpaired) electrons. The van der Waals surface area contributed by atoms with Crippen molar-refractivity contribution in [3.8, 4) is 11.5 Å². The number of halogens is 1. The number of allylic oxidation sites excluding steroid dienone is 3. The maximum Gasteiger partial charge on any atom is 0.336 e. The number of carbonyl (C=O) groups is 2. The Labute approximate surface area is 208 Å². The molecule has 0 aromatic heterocycles. The quantitative estimate of drug-likeness (QED) is 0.509. The molecular weight excluding hydrogens is 498 g/mol. The summed E-state index contributed by atoms with van der Waals surface area (Å²) >= 11 is 3.47. The van der Waals surface area contributed by atoms with Gasteiger partial charge in [0.05, 0.1) is 26.4 Å². The molecule has 1 aliphatic carbocycles. The lowest BCUT2D eigenvalue weighted by Gasteiger charge is -2.36. The van der Waals surface area contributed by atoms with Gasteiger partial charge in [-0.2, -0.15) is 0 Å². The number of dihydropyridines is 1. The van der Waals surface area contributed by atoms with Crippen LogP contribution in [0.4, 0.5) is 0 Å². The van der Waals surface area contributed by atoms with Gasteiger partial charge in [0.2, 0.25) is 0 Å². The Kier molecular flexibility index (Phi) is 7.12. The lowest BCUT2D eigenvalue weighted by atomic mass is 9.71. The van der Waals surface area contributed by atoms with Gasteiger partial charge in [-0.1, -0.05) is 34.1 Å². The number of nitrogens with one attached hydrogen (secondary N) is 1. The maximum atomic E-state index is 13.6. The molecule has 7 heteroatoms. The van der Waals surface area contributed by atoms with Crippen LogP contribution >= 0.6 is 15.9 Å². The van der Waals surface area contributed by atoms with E-state index < -0.39 is 11.9 Å². The van der Waals surface area contributed by atoms with Crippen LogP contribution in [0.15, 0.2) is 69.5 Å². The molecule has 2 aromatic rings. The summed E-state index contributed by atoms with van der Waals surface area (Å²) in [6.07, 6.45) is 0.995. The van der Waals surface area contributed by atoms with E-state index in [0.717, 1.165) is 21.3 Å². The topological polar surface area (TPSA) is 73.9 Å². The molecule has 1 aliphatic heterocycles. The van der Waals surface area contributed by atoms with E-state index in [1.54, 1.807) is 21.1 Å². The average Bonchev–Trinajstić information content (AvgIpc) is 2.83. The molecule has 34 heavy (non-hydrogen) atoms. The number of methoxy groups -OCH3 is 2. The minimum Gasteiger partial charge on any atom is -0.493 e. The molecule has 2 aliphatic rings. The van der Waals surface area contributed by atoms with Crippen LogP contribution in [0, 0.1) is 0 Å². The van der Waals surface area contributed by atoms with Crippen LogP contribution < -0.4 is 14.8 Å². The van der Waals surface area contributed by atoms with E-state index in [0.29, 0.717) is 41.2 Å². The summed E-state index contributed by atoms with van der Waals surface area (Å²) < 4.78 is 17.1. The molecular formula is C27H28BrNO5. The van der Waals surface area contributed by atoms with Crippen molar-refractivity contribution in [2.75, 3.05) is 20.8 Å². The van der Waals surface area contributed by atoms with Gasteiger partial charge in [-0.25, -0.2) is 4.79 Å². The number of benzene rings is 2. The van der Waals surface area contributed by atoms with E-state index >= 15 is 0 Å². The predicted octanol–water partition coefficient (Wildman–Crippen LogP) is 5.39. The first kappa shape index (κ1) is 24.1. The molecule has 2 unspecified atom stereocenters. The number of esters is 1. The summed E-state index contributed by atoms with van der Waals surface area (Å²) in [4.78, 5) is 26.6. The second-order valence-electron chi connectivity index (χ2n) is 8.40. The van der Waals surface area contributed by atoms with E-state index in [2.05, 4.69) is 21.2 Å². The van der Waals surface area contributed by atoms with Gasteiger partial charge in [-0.05, 0) is 61.6 Å². The fourth-order valence-corrected chi connectivity index (χ4v) is 5.11. The zero-order chi connectivity index (χ0) is 24.4. The first-order valence-electron chi connectivity index (χ1n) is 11.3. The van der Waals surface area contributed by atoms with Crippen molar-refractivity contribution in [2.24, 2.45) is 0 Å². The van der Waals surface area contributed by atoms with Crippen molar-refractivity contribution in [2.45, 2.75) is 38.5 Å². The van der Waals surface area contributed by atoms with E-state index in [1.807, 2.05) is 49.4 Å². The van der Waals surface area contributed by atoms with Crippen molar-refractivity contribution in [1.82, 2.24) is 5.32 Å². The standard InChI is InChI=1S/C27H28BrNO5/c1-5-34-27(31)24-15(2)29-20-12-18(17-8-11-22(32-3)23(14-17)33-4)13-21(30)26(20)25(24)16-6-9-19(28)10-7-16/h6-11,14,18,25,29H,5,12-13H2,1-4H3. The largest absolute Gasteiger partial charge is 0.493 e. The fraction of sp³-hybridized carbons (Fsp3) is 0.333. The summed E-state index contributed by atoms with van der Waals surface area (Å²) in [6, 6.07) is 13.5. The minimum absolute atomic E-state index is 0.0129. The van der Waals surface area contributed by atoms with Gasteiger partial charge in [0.15, 0.2) is 17.3 Å². The van der Waals surface area contributed by atoms with Gasteiger partial charge >= 0.3 is 5.97 Å². The molecule has 0 saturated heterocycles. The highest BCUT2D eigenvalue weighted by molar-refractivity contribution is 9.10. The van der Waals surface area contributed by atoms with Gasteiger partial charge in [0, 0.05) is 33.8 Å². The Hall–Kier alpha value is -3.06. The Morgan fingerprint density at radius 3 is 2.35 bits per heavy atom. The molecule has 0 fully saturated rings. The van der Waals surface area contributed by atoms with Crippen molar-refractivity contribution in [1.29, 1.82) is 0 Å². The van der Waals surface area contributed by atoms with Crippen molar-refractivity contribution in [3.63, 3.8) is 0 Å². The molecule has 2 atom stereocenters. The fourth-order valence-electron chi connectivity index (χ4n) is 4.85. The van der Waals surface area contributed by atoms with Crippen LogP contribution in [0.25, 0.3) is 0 Å². The number of ether oxygens (including phenoxy) is 3. The molecule has 4 rings (SSSR count). The molecule has 178 valence electrons. The predicted molar refractivity (Wildman–Crippen MR) is 133 cm³/mol. The van der Waals surface area contributed by atoms with E-state index in [9.17, 15) is 9.59 Å². The summed E-state index contributed by atoms with van der Waals surface area (Å²) in [5.74, 6) is 0.426. The highest BCUT2D eigenvalue weighted by Gasteiger charge is 2.41. The Bertz CT molecular complexity index is 1180. The van der Waals surface area contributed by atoms with Gasteiger partial charge in [-0.15, -0.1) is 0 Å². The zero-order valence-corrected chi connectivity index (χ0v) is 21.3. The number of hydrogen-bond acceptors (Lipinski definition) is 6. The van der Waals surface area contributed by atoms with Crippen molar-refractivity contribution in [3.05, 3.63) is 80.6 Å². The third-order valence-electron chi connectivity index (χ3n) is 6.41. The Balaban J connectivity index is 1.77. The van der Waals surface area contributed by atoms with E-state index in [-0.39, 0.29) is 18.3 Å². The number of ketones is 1. The van der Waals surface area contributed by atoms with Crippen molar-refractivity contribution >= 4 is 27.7 Å². The Morgan fingerprint density at radius 2 is 1.71 bits per heavy atom. The summed E-state index contributed by atoms with van der Waals surface area (Å²) in [7, 11) is 3.20. The van der Waals surface area contributed by atoms with Crippen LogP contribution in [0.1, 0.15) is 49.7 Å². The minimum atomic E-state index is -0.470. The molecule has 1 heterocycles. The molecule has 0 bridgehead atoms. The van der Waals surface area contributed by atoms with Crippen LogP contribution in [-0.2, 0) is 14.3 Å². The van der Waals surface area contributed by atoms with Gasteiger partial charge < -0.3 is 19.5 Å². The average molecular weight is 526 g/mol. The monoisotopic (exact) mass is 525 g/mol. The zero-order valence-electron chi connectivity index (χ0n) is 19.7. The van der Waals surface area contributed by atoms with Gasteiger partial charge in [-0.3, -0.25) is 4.79 Å². The Morgan fingerprint density at radius 1 is 1.03 bits per heavy atom. The normalized spacial score (nSPS) is 20.0. The summed E-state index contributed by atoms with van der Waals surface area (Å²) in [6.45, 7) is 3.92. The third-order valence-corrected chi connectivity index (χ3v) is 6.93. The summed E-state index contributed by atoms with van der Waals surface area (Å²) in [5.41, 5.74) is 4.60. The number of carbonyl (C=O) groups excluding carboxylic acids is 2. The third kappa shape index (κ3) is 4.49. The number of Topliss-reactive ketones (excluding diaryl/α,β-unsaturated/α-hetero) is 1. The molecule has 0 amide bonds. The smallest absolute Gasteiger partial charge is 0.336 e. The van der Waals surface area contributed by atoms with Crippen LogP contribution in [0.3, 0.4) is 0 Å². The lowest BCUT2D eigenvalue weighted by Crippen LogP contribution is -2.36. The molecule has 0 spiro atoms. The second kappa shape index (κ2) is 10.1. The molecule has 6 nitrogen and oxygen atoms in total. The van der Waals surface area contributed by atoms with E-state index in [1.165, 1.54) is 0 Å². The number of rotatable bonds is 6. The SMILES string of the molecule is CCOC(=O)C1=C(C)NC2=C(C(=O)CC(c3ccc(OC)c(OC)c3)C2)C1c1ccc(Br)cc1. The molecule has 2 aromatic carbocycles. The van der Waals surface area contributed by atoms with E-state index in [4.69, 9.17) is 14.2 Å². The van der Waals surface area contributed by atoms with Crippen LogP contribution in [0.2, 0.25) is 0 Å². The van der Waals surface area contributed by atoms with Gasteiger partial charge in [0.1, 0.15) is 0 Å². The summed E-state index contributed by atoms with van der Waals surface area (Å²) in [5, 5.41) is 3.37. The van der Waals surface area contributed by atoms with Crippen LogP contribution in [-0.4, -0.2) is 32.6 Å². The van der Waals surface area contributed by atoms with Crippen LogP contribution in [0.5, 0.6) is 11.5 Å².